The SMILES string of the molecule is CCc1ccc(Oc2ccc(CNC3CC3)cn2)cc1. The lowest BCUT2D eigenvalue weighted by atomic mass is 10.2. The van der Waals surface area contributed by atoms with Crippen LogP contribution in [0.25, 0.3) is 0 Å². The molecule has 1 aliphatic carbocycles. The number of rotatable bonds is 6. The Morgan fingerprint density at radius 2 is 1.85 bits per heavy atom. The fraction of sp³-hybridized carbons (Fsp3) is 0.353. The molecule has 1 fully saturated rings. The Labute approximate surface area is 120 Å². The van der Waals surface area contributed by atoms with Gasteiger partial charge in [0.05, 0.1) is 0 Å². The molecule has 0 radical (unpaired) electrons. The van der Waals surface area contributed by atoms with Crippen LogP contribution in [0, 0.1) is 0 Å². The number of aromatic nitrogens is 1. The van der Waals surface area contributed by atoms with Crippen molar-refractivity contribution in [2.75, 3.05) is 0 Å². The zero-order valence-electron chi connectivity index (χ0n) is 11.8. The second kappa shape index (κ2) is 6.06. The summed E-state index contributed by atoms with van der Waals surface area (Å²) in [7, 11) is 0. The lowest BCUT2D eigenvalue weighted by Crippen LogP contribution is -2.15. The molecule has 1 saturated carbocycles. The lowest BCUT2D eigenvalue weighted by molar-refractivity contribution is 0.462. The number of ether oxygens (including phenoxy) is 1. The van der Waals surface area contributed by atoms with E-state index in [1.807, 2.05) is 24.4 Å². The Bertz CT molecular complexity index is 544. The summed E-state index contributed by atoms with van der Waals surface area (Å²) >= 11 is 0. The maximum absolute atomic E-state index is 5.74. The molecule has 3 heteroatoms. The molecule has 1 aromatic heterocycles. The van der Waals surface area contributed by atoms with E-state index in [1.165, 1.54) is 24.0 Å². The van der Waals surface area contributed by atoms with Crippen molar-refractivity contribution in [3.63, 3.8) is 0 Å². The summed E-state index contributed by atoms with van der Waals surface area (Å²) < 4.78 is 5.74. The molecule has 0 saturated heterocycles. The molecule has 3 rings (SSSR count). The van der Waals surface area contributed by atoms with Crippen LogP contribution in [0.15, 0.2) is 42.6 Å². The minimum Gasteiger partial charge on any atom is -0.439 e. The fourth-order valence-corrected chi connectivity index (χ4v) is 2.04. The fourth-order valence-electron chi connectivity index (χ4n) is 2.04. The lowest BCUT2D eigenvalue weighted by Gasteiger charge is -2.07. The predicted octanol–water partition coefficient (Wildman–Crippen LogP) is 3.69. The van der Waals surface area contributed by atoms with Crippen LogP contribution >= 0.6 is 0 Å². The third-order valence-corrected chi connectivity index (χ3v) is 3.52. The molecule has 0 bridgehead atoms. The van der Waals surface area contributed by atoms with E-state index in [0.29, 0.717) is 5.88 Å². The molecule has 0 aliphatic heterocycles. The van der Waals surface area contributed by atoms with Gasteiger partial charge in [-0.3, -0.25) is 0 Å². The van der Waals surface area contributed by atoms with Crippen LogP contribution in [-0.2, 0) is 13.0 Å². The van der Waals surface area contributed by atoms with E-state index in [2.05, 4.69) is 35.4 Å². The minimum absolute atomic E-state index is 0.643. The standard InChI is InChI=1S/C17H20N2O/c1-2-13-3-8-16(9-4-13)20-17-10-5-14(12-19-17)11-18-15-6-7-15/h3-5,8-10,12,15,18H,2,6-7,11H2,1H3. The van der Waals surface area contributed by atoms with Gasteiger partial charge in [0.15, 0.2) is 0 Å². The first kappa shape index (κ1) is 13.1. The Balaban J connectivity index is 1.58. The van der Waals surface area contributed by atoms with Gasteiger partial charge in [-0.05, 0) is 42.5 Å². The summed E-state index contributed by atoms with van der Waals surface area (Å²) in [4.78, 5) is 4.35. The number of nitrogens with zero attached hydrogens (tertiary/aromatic N) is 1. The zero-order valence-corrected chi connectivity index (χ0v) is 11.8. The summed E-state index contributed by atoms with van der Waals surface area (Å²) in [6.07, 6.45) is 5.54. The van der Waals surface area contributed by atoms with Gasteiger partial charge in [-0.25, -0.2) is 4.98 Å². The average Bonchev–Trinajstić information content (AvgIpc) is 3.32. The van der Waals surface area contributed by atoms with E-state index >= 15 is 0 Å². The van der Waals surface area contributed by atoms with E-state index in [1.54, 1.807) is 0 Å². The van der Waals surface area contributed by atoms with Gasteiger partial charge >= 0.3 is 0 Å². The molecule has 2 aromatic rings. The molecule has 1 aromatic carbocycles. The van der Waals surface area contributed by atoms with Crippen molar-refractivity contribution in [2.45, 2.75) is 38.8 Å². The Morgan fingerprint density at radius 1 is 1.10 bits per heavy atom. The molecule has 3 nitrogen and oxygen atoms in total. The summed E-state index contributed by atoms with van der Waals surface area (Å²) in [5, 5.41) is 3.47. The van der Waals surface area contributed by atoms with Crippen LogP contribution in [0.3, 0.4) is 0 Å². The van der Waals surface area contributed by atoms with Crippen LogP contribution in [0.1, 0.15) is 30.9 Å². The Morgan fingerprint density at radius 3 is 2.45 bits per heavy atom. The van der Waals surface area contributed by atoms with Crippen LogP contribution < -0.4 is 10.1 Å². The molecule has 1 heterocycles. The van der Waals surface area contributed by atoms with Gasteiger partial charge in [0.1, 0.15) is 5.75 Å². The van der Waals surface area contributed by atoms with Gasteiger partial charge in [0, 0.05) is 24.8 Å². The number of hydrogen-bond acceptors (Lipinski definition) is 3. The third kappa shape index (κ3) is 3.58. The summed E-state index contributed by atoms with van der Waals surface area (Å²) in [5.41, 5.74) is 2.51. The third-order valence-electron chi connectivity index (χ3n) is 3.52. The van der Waals surface area contributed by atoms with Gasteiger partial charge in [-0.1, -0.05) is 25.1 Å². The van der Waals surface area contributed by atoms with Crippen LogP contribution in [0.5, 0.6) is 11.6 Å². The summed E-state index contributed by atoms with van der Waals surface area (Å²) in [6, 6.07) is 12.9. The van der Waals surface area contributed by atoms with Gasteiger partial charge < -0.3 is 10.1 Å². The topological polar surface area (TPSA) is 34.1 Å². The predicted molar refractivity (Wildman–Crippen MR) is 80.0 cm³/mol. The quantitative estimate of drug-likeness (QED) is 0.867. The van der Waals surface area contributed by atoms with E-state index in [9.17, 15) is 0 Å². The highest BCUT2D eigenvalue weighted by molar-refractivity contribution is 5.31. The van der Waals surface area contributed by atoms with E-state index < -0.39 is 0 Å². The zero-order chi connectivity index (χ0) is 13.8. The first-order valence-corrected chi connectivity index (χ1v) is 7.28. The molecule has 0 atom stereocenters. The number of aryl methyl sites for hydroxylation is 1. The number of benzene rings is 1. The van der Waals surface area contributed by atoms with Crippen LogP contribution in [-0.4, -0.2) is 11.0 Å². The monoisotopic (exact) mass is 268 g/mol. The maximum atomic E-state index is 5.74. The first-order chi connectivity index (χ1) is 9.83. The van der Waals surface area contributed by atoms with Gasteiger partial charge in [0.2, 0.25) is 5.88 Å². The van der Waals surface area contributed by atoms with Crippen molar-refractivity contribution in [3.8, 4) is 11.6 Å². The Hall–Kier alpha value is -1.87. The summed E-state index contributed by atoms with van der Waals surface area (Å²) in [6.45, 7) is 3.04. The summed E-state index contributed by atoms with van der Waals surface area (Å²) in [5.74, 6) is 1.47. The largest absolute Gasteiger partial charge is 0.439 e. The highest BCUT2D eigenvalue weighted by Gasteiger charge is 2.19. The molecule has 1 N–H and O–H groups in total. The van der Waals surface area contributed by atoms with Crippen LogP contribution in [0.4, 0.5) is 0 Å². The van der Waals surface area contributed by atoms with E-state index in [4.69, 9.17) is 4.74 Å². The van der Waals surface area contributed by atoms with E-state index in [0.717, 1.165) is 24.8 Å². The molecule has 0 unspecified atom stereocenters. The second-order valence-electron chi connectivity index (χ2n) is 5.26. The van der Waals surface area contributed by atoms with E-state index in [-0.39, 0.29) is 0 Å². The van der Waals surface area contributed by atoms with Crippen molar-refractivity contribution in [1.82, 2.24) is 10.3 Å². The Kier molecular flexibility index (Phi) is 3.97. The molecular formula is C17H20N2O. The van der Waals surface area contributed by atoms with Crippen molar-refractivity contribution in [2.24, 2.45) is 0 Å². The maximum Gasteiger partial charge on any atom is 0.219 e. The van der Waals surface area contributed by atoms with Crippen molar-refractivity contribution >= 4 is 0 Å². The average molecular weight is 268 g/mol. The second-order valence-corrected chi connectivity index (χ2v) is 5.26. The molecule has 1 aliphatic rings. The molecule has 0 amide bonds. The van der Waals surface area contributed by atoms with Gasteiger partial charge in [-0.2, -0.15) is 0 Å². The van der Waals surface area contributed by atoms with Crippen molar-refractivity contribution in [1.29, 1.82) is 0 Å². The molecule has 0 spiro atoms. The first-order valence-electron chi connectivity index (χ1n) is 7.28. The van der Waals surface area contributed by atoms with Crippen LogP contribution in [0.2, 0.25) is 0 Å². The number of pyridine rings is 1. The molecular weight excluding hydrogens is 248 g/mol. The van der Waals surface area contributed by atoms with Crippen molar-refractivity contribution < 1.29 is 4.74 Å². The van der Waals surface area contributed by atoms with Gasteiger partial charge in [0.25, 0.3) is 0 Å². The van der Waals surface area contributed by atoms with Gasteiger partial charge in [-0.15, -0.1) is 0 Å². The van der Waals surface area contributed by atoms with Crippen molar-refractivity contribution in [3.05, 3.63) is 53.7 Å². The minimum atomic E-state index is 0.643. The highest BCUT2D eigenvalue weighted by atomic mass is 16.5. The number of nitrogens with one attached hydrogen (secondary N) is 1. The highest BCUT2D eigenvalue weighted by Crippen LogP contribution is 2.21. The normalized spacial score (nSPS) is 14.2. The smallest absolute Gasteiger partial charge is 0.219 e. The number of hydrogen-bond donors (Lipinski definition) is 1. The molecule has 104 valence electrons. The molecule has 20 heavy (non-hydrogen) atoms.